The number of hydrogen-bond donors (Lipinski definition) is 0. The first-order chi connectivity index (χ1) is 12.7. The Morgan fingerprint density at radius 3 is 2.69 bits per heavy atom. The van der Waals surface area contributed by atoms with Gasteiger partial charge in [0.05, 0.1) is 18.6 Å². The number of anilines is 1. The van der Waals surface area contributed by atoms with Crippen molar-refractivity contribution in [2.24, 2.45) is 0 Å². The summed E-state index contributed by atoms with van der Waals surface area (Å²) in [4.78, 5) is 18.4. The fourth-order valence-electron chi connectivity index (χ4n) is 3.04. The van der Waals surface area contributed by atoms with Crippen LogP contribution in [-0.2, 0) is 4.79 Å². The van der Waals surface area contributed by atoms with Crippen molar-refractivity contribution < 1.29 is 18.4 Å². The van der Waals surface area contributed by atoms with E-state index in [9.17, 15) is 9.18 Å². The molecule has 26 heavy (non-hydrogen) atoms. The second-order valence-electron chi connectivity index (χ2n) is 6.04. The van der Waals surface area contributed by atoms with Gasteiger partial charge in [0, 0.05) is 18.7 Å². The van der Waals surface area contributed by atoms with Crippen molar-refractivity contribution in [2.75, 3.05) is 18.6 Å². The summed E-state index contributed by atoms with van der Waals surface area (Å²) in [5.41, 5.74) is 1.06. The lowest BCUT2D eigenvalue weighted by Crippen LogP contribution is -2.24. The molecule has 7 heteroatoms. The Morgan fingerprint density at radius 1 is 1.19 bits per heavy atom. The van der Waals surface area contributed by atoms with E-state index >= 15 is 0 Å². The maximum atomic E-state index is 13.9. The molecule has 1 amide bonds. The summed E-state index contributed by atoms with van der Waals surface area (Å²) in [5.74, 6) is 0.593. The summed E-state index contributed by atoms with van der Waals surface area (Å²) in [6.07, 6.45) is 0.269. The van der Waals surface area contributed by atoms with Crippen molar-refractivity contribution in [3.63, 3.8) is 0 Å². The van der Waals surface area contributed by atoms with E-state index in [-0.39, 0.29) is 29.6 Å². The van der Waals surface area contributed by atoms with Crippen LogP contribution in [0, 0.1) is 5.82 Å². The van der Waals surface area contributed by atoms with Crippen LogP contribution in [0.3, 0.4) is 0 Å². The van der Waals surface area contributed by atoms with Gasteiger partial charge in [-0.1, -0.05) is 17.3 Å². The molecule has 0 unspecified atom stereocenters. The average Bonchev–Trinajstić information content (AvgIpc) is 3.29. The van der Waals surface area contributed by atoms with Gasteiger partial charge < -0.3 is 14.2 Å². The molecule has 132 valence electrons. The summed E-state index contributed by atoms with van der Waals surface area (Å²) < 4.78 is 24.3. The highest BCUT2D eigenvalue weighted by Crippen LogP contribution is 2.32. The van der Waals surface area contributed by atoms with Gasteiger partial charge in [0.1, 0.15) is 11.6 Å². The van der Waals surface area contributed by atoms with Crippen molar-refractivity contribution in [3.05, 3.63) is 60.2 Å². The van der Waals surface area contributed by atoms with Crippen LogP contribution in [-0.4, -0.2) is 29.7 Å². The Balaban J connectivity index is 1.55. The molecule has 0 N–H and O–H groups in total. The summed E-state index contributed by atoms with van der Waals surface area (Å²) in [7, 11) is 1.59. The first-order valence-corrected chi connectivity index (χ1v) is 8.18. The first kappa shape index (κ1) is 16.3. The molecule has 1 fully saturated rings. The van der Waals surface area contributed by atoms with Crippen LogP contribution in [0.5, 0.6) is 5.75 Å². The second kappa shape index (κ2) is 6.59. The molecule has 6 nitrogen and oxygen atoms in total. The third-order valence-corrected chi connectivity index (χ3v) is 4.41. The van der Waals surface area contributed by atoms with Crippen LogP contribution in [0.4, 0.5) is 10.1 Å². The number of amides is 1. The van der Waals surface area contributed by atoms with E-state index in [1.54, 1.807) is 42.3 Å². The zero-order chi connectivity index (χ0) is 18.1. The number of nitrogens with zero attached hydrogens (tertiary/aromatic N) is 3. The molecule has 2 aromatic carbocycles. The molecule has 3 aromatic rings. The number of ether oxygens (including phenoxy) is 1. The van der Waals surface area contributed by atoms with E-state index in [4.69, 9.17) is 9.26 Å². The summed E-state index contributed by atoms with van der Waals surface area (Å²) in [6, 6.07) is 13.5. The van der Waals surface area contributed by atoms with Crippen molar-refractivity contribution in [1.29, 1.82) is 0 Å². The minimum atomic E-state index is -0.415. The van der Waals surface area contributed by atoms with E-state index in [0.717, 1.165) is 11.4 Å². The largest absolute Gasteiger partial charge is 0.497 e. The maximum Gasteiger partial charge on any atom is 0.232 e. The molecule has 1 saturated heterocycles. The molecule has 1 aromatic heterocycles. The SMILES string of the molecule is COc1ccc(N2C[C@H](c3nc(-c4ccccc4F)no3)CC2=O)cc1. The quantitative estimate of drug-likeness (QED) is 0.719. The van der Waals surface area contributed by atoms with Crippen LogP contribution < -0.4 is 9.64 Å². The molecular weight excluding hydrogens is 337 g/mol. The molecule has 4 rings (SSSR count). The highest BCUT2D eigenvalue weighted by molar-refractivity contribution is 5.96. The number of halogens is 1. The number of hydrogen-bond acceptors (Lipinski definition) is 5. The van der Waals surface area contributed by atoms with Gasteiger partial charge >= 0.3 is 0 Å². The Kier molecular flexibility index (Phi) is 4.12. The number of carbonyl (C=O) groups is 1. The Bertz CT molecular complexity index is 939. The fourth-order valence-corrected chi connectivity index (χ4v) is 3.04. The van der Waals surface area contributed by atoms with Crippen LogP contribution >= 0.6 is 0 Å². The highest BCUT2D eigenvalue weighted by atomic mass is 19.1. The van der Waals surface area contributed by atoms with E-state index < -0.39 is 5.82 Å². The second-order valence-corrected chi connectivity index (χ2v) is 6.04. The van der Waals surface area contributed by atoms with Gasteiger partial charge in [-0.2, -0.15) is 4.98 Å². The third-order valence-electron chi connectivity index (χ3n) is 4.41. The van der Waals surface area contributed by atoms with Crippen molar-refractivity contribution in [3.8, 4) is 17.1 Å². The fraction of sp³-hybridized carbons (Fsp3) is 0.211. The molecule has 0 saturated carbocycles. The van der Waals surface area contributed by atoms with Crippen LogP contribution in [0.1, 0.15) is 18.2 Å². The van der Waals surface area contributed by atoms with E-state index in [1.807, 2.05) is 12.1 Å². The zero-order valence-electron chi connectivity index (χ0n) is 14.1. The number of methoxy groups -OCH3 is 1. The average molecular weight is 353 g/mol. The van der Waals surface area contributed by atoms with Crippen molar-refractivity contribution >= 4 is 11.6 Å². The minimum Gasteiger partial charge on any atom is -0.497 e. The number of carbonyl (C=O) groups excluding carboxylic acids is 1. The molecule has 0 radical (unpaired) electrons. The van der Waals surface area contributed by atoms with Gasteiger partial charge in [0.15, 0.2) is 0 Å². The molecule has 0 aliphatic carbocycles. The normalized spacial score (nSPS) is 16.9. The lowest BCUT2D eigenvalue weighted by molar-refractivity contribution is -0.117. The summed E-state index contributed by atoms with van der Waals surface area (Å²) in [6.45, 7) is 0.435. The van der Waals surface area contributed by atoms with Crippen molar-refractivity contribution in [2.45, 2.75) is 12.3 Å². The molecule has 0 bridgehead atoms. The Morgan fingerprint density at radius 2 is 1.96 bits per heavy atom. The van der Waals surface area contributed by atoms with E-state index in [2.05, 4.69) is 10.1 Å². The smallest absolute Gasteiger partial charge is 0.232 e. The summed E-state index contributed by atoms with van der Waals surface area (Å²) in [5, 5.41) is 3.86. The van der Waals surface area contributed by atoms with E-state index in [1.165, 1.54) is 6.07 Å². The number of benzene rings is 2. The predicted molar refractivity (Wildman–Crippen MR) is 92.4 cm³/mol. The maximum absolute atomic E-state index is 13.9. The lowest BCUT2D eigenvalue weighted by Gasteiger charge is -2.16. The molecule has 0 spiro atoms. The van der Waals surface area contributed by atoms with Crippen LogP contribution in [0.2, 0.25) is 0 Å². The molecule has 1 aliphatic rings. The standard InChI is InChI=1S/C19H16FN3O3/c1-25-14-8-6-13(7-9-14)23-11-12(10-17(23)24)19-21-18(22-26-19)15-4-2-3-5-16(15)20/h2-9,12H,10-11H2,1H3/t12-/m1/s1. The zero-order valence-corrected chi connectivity index (χ0v) is 14.1. The third kappa shape index (κ3) is 2.92. The molecular formula is C19H16FN3O3. The topological polar surface area (TPSA) is 68.5 Å². The number of rotatable bonds is 4. The van der Waals surface area contributed by atoms with Gasteiger partial charge in [0.25, 0.3) is 0 Å². The predicted octanol–water partition coefficient (Wildman–Crippen LogP) is 3.40. The minimum absolute atomic E-state index is 0.0224. The van der Waals surface area contributed by atoms with Gasteiger partial charge in [0.2, 0.25) is 17.6 Å². The molecule has 1 aliphatic heterocycles. The highest BCUT2D eigenvalue weighted by Gasteiger charge is 2.35. The van der Waals surface area contributed by atoms with Crippen LogP contribution in [0.15, 0.2) is 53.1 Å². The molecule has 1 atom stereocenters. The van der Waals surface area contributed by atoms with Gasteiger partial charge in [-0.05, 0) is 36.4 Å². The van der Waals surface area contributed by atoms with Gasteiger partial charge in [-0.25, -0.2) is 4.39 Å². The lowest BCUT2D eigenvalue weighted by atomic mass is 10.1. The Hall–Kier alpha value is -3.22. The van der Waals surface area contributed by atoms with Crippen LogP contribution in [0.25, 0.3) is 11.4 Å². The van der Waals surface area contributed by atoms with Gasteiger partial charge in [-0.15, -0.1) is 0 Å². The van der Waals surface area contributed by atoms with Gasteiger partial charge in [-0.3, -0.25) is 4.79 Å². The van der Waals surface area contributed by atoms with Crippen molar-refractivity contribution in [1.82, 2.24) is 10.1 Å². The number of aromatic nitrogens is 2. The molecule has 2 heterocycles. The Labute approximate surface area is 149 Å². The summed E-state index contributed by atoms with van der Waals surface area (Å²) >= 11 is 0. The van der Waals surface area contributed by atoms with E-state index in [0.29, 0.717) is 12.4 Å². The first-order valence-electron chi connectivity index (χ1n) is 8.18. The monoisotopic (exact) mass is 353 g/mol.